The van der Waals surface area contributed by atoms with Gasteiger partial charge >= 0.3 is 11.9 Å². The molecule has 1 atom stereocenters. The molecule has 0 saturated heterocycles. The topological polar surface area (TPSA) is 116 Å². The van der Waals surface area contributed by atoms with Gasteiger partial charge < -0.3 is 25.4 Å². The molecule has 2 fully saturated rings. The molecule has 4 N–H and O–H groups in total. The van der Waals surface area contributed by atoms with Crippen LogP contribution in [0.3, 0.4) is 0 Å². The summed E-state index contributed by atoms with van der Waals surface area (Å²) in [4.78, 5) is 18.2. The second-order valence-corrected chi connectivity index (χ2v) is 8.54. The van der Waals surface area contributed by atoms with Gasteiger partial charge in [0.25, 0.3) is 0 Å². The Hall–Kier alpha value is -2.12. The van der Waals surface area contributed by atoms with Gasteiger partial charge in [-0.1, -0.05) is 63.1 Å². The van der Waals surface area contributed by atoms with Gasteiger partial charge in [-0.15, -0.1) is 0 Å². The van der Waals surface area contributed by atoms with Crippen molar-refractivity contribution in [3.63, 3.8) is 0 Å². The first kappa shape index (κ1) is 25.1. The van der Waals surface area contributed by atoms with Gasteiger partial charge in [0.15, 0.2) is 0 Å². The van der Waals surface area contributed by atoms with Crippen molar-refractivity contribution in [2.24, 2.45) is 0 Å². The molecule has 1 aromatic rings. The number of carbonyl (C=O) groups is 2. The summed E-state index contributed by atoms with van der Waals surface area (Å²) >= 11 is 0. The summed E-state index contributed by atoms with van der Waals surface area (Å²) in [6.07, 6.45) is 14.0. The lowest BCUT2D eigenvalue weighted by Gasteiger charge is -2.23. The van der Waals surface area contributed by atoms with E-state index in [2.05, 4.69) is 23.5 Å². The minimum Gasteiger partial charge on any atom is -0.491 e. The first-order valence-electron chi connectivity index (χ1n) is 11.6. The predicted molar refractivity (Wildman–Crippen MR) is 119 cm³/mol. The van der Waals surface area contributed by atoms with E-state index < -0.39 is 18.0 Å². The Morgan fingerprint density at radius 1 is 0.903 bits per heavy atom. The zero-order chi connectivity index (χ0) is 22.5. The quantitative estimate of drug-likeness (QED) is 0.479. The van der Waals surface area contributed by atoms with Crippen molar-refractivity contribution in [2.75, 3.05) is 13.2 Å². The summed E-state index contributed by atoms with van der Waals surface area (Å²) in [5.74, 6) is -2.04. The average molecular weight is 436 g/mol. The third kappa shape index (κ3) is 9.70. The zero-order valence-electron chi connectivity index (χ0n) is 18.3. The van der Waals surface area contributed by atoms with Crippen molar-refractivity contribution in [3.05, 3.63) is 29.8 Å². The van der Waals surface area contributed by atoms with Crippen LogP contribution < -0.4 is 10.1 Å². The lowest BCUT2D eigenvalue weighted by Crippen LogP contribution is -2.38. The number of rotatable bonds is 7. The highest BCUT2D eigenvalue weighted by atomic mass is 16.5. The van der Waals surface area contributed by atoms with Crippen LogP contribution in [0.15, 0.2) is 24.3 Å². The number of carboxylic acid groups (broad SMARTS) is 2. The Bertz CT molecular complexity index is 654. The molecule has 2 aliphatic carbocycles. The van der Waals surface area contributed by atoms with Gasteiger partial charge in [-0.25, -0.2) is 9.59 Å². The van der Waals surface area contributed by atoms with E-state index in [9.17, 15) is 5.11 Å². The molecule has 1 aromatic carbocycles. The molecule has 0 amide bonds. The van der Waals surface area contributed by atoms with Crippen LogP contribution in [0, 0.1) is 0 Å². The van der Waals surface area contributed by atoms with Crippen LogP contribution in [0.1, 0.15) is 82.1 Å². The van der Waals surface area contributed by atoms with Gasteiger partial charge in [-0.3, -0.25) is 0 Å². The van der Waals surface area contributed by atoms with E-state index in [1.165, 1.54) is 76.2 Å². The smallest absolute Gasteiger partial charge is 0.414 e. The maximum atomic E-state index is 10.3. The van der Waals surface area contributed by atoms with Crippen LogP contribution in [0.5, 0.6) is 5.75 Å². The molecular weight excluding hydrogens is 398 g/mol. The van der Waals surface area contributed by atoms with Crippen LogP contribution in [-0.2, 0) is 9.59 Å². The van der Waals surface area contributed by atoms with Crippen molar-refractivity contribution in [3.8, 4) is 5.75 Å². The number of ether oxygens (including phenoxy) is 1. The van der Waals surface area contributed by atoms with Crippen LogP contribution >= 0.6 is 0 Å². The molecule has 7 nitrogen and oxygen atoms in total. The van der Waals surface area contributed by atoms with E-state index in [1.54, 1.807) is 0 Å². The van der Waals surface area contributed by atoms with Crippen molar-refractivity contribution < 1.29 is 29.6 Å². The van der Waals surface area contributed by atoms with Gasteiger partial charge in [0.05, 0.1) is 0 Å². The molecule has 0 radical (unpaired) electrons. The summed E-state index contributed by atoms with van der Waals surface area (Å²) in [5.41, 5.74) is 1.33. The van der Waals surface area contributed by atoms with Gasteiger partial charge in [-0.05, 0) is 43.2 Å². The molecule has 174 valence electrons. The average Bonchev–Trinajstić information content (AvgIpc) is 3.27. The number of hydrogen-bond donors (Lipinski definition) is 4. The minimum absolute atomic E-state index is 0.378. The Morgan fingerprint density at radius 3 is 2.06 bits per heavy atom. The van der Waals surface area contributed by atoms with E-state index >= 15 is 0 Å². The molecule has 0 bridgehead atoms. The standard InChI is InChI=1S/C22H35NO2.C2H2O4/c24-20(16-23-19-12-4-2-1-3-5-13-19)17-25-22-15-9-8-14-21(22)18-10-6-7-11-18;3-1(4)2(5)6/h8-9,14-15,18-20,23-24H,1-7,10-13,16-17H2;(H,3,4)(H,5,6). The second kappa shape index (κ2) is 14.0. The number of aliphatic hydroxyl groups excluding tert-OH is 1. The largest absolute Gasteiger partial charge is 0.491 e. The van der Waals surface area contributed by atoms with E-state index in [0.29, 0.717) is 25.1 Å². The molecule has 3 rings (SSSR count). The van der Waals surface area contributed by atoms with Crippen molar-refractivity contribution in [1.29, 1.82) is 0 Å². The lowest BCUT2D eigenvalue weighted by molar-refractivity contribution is -0.159. The Morgan fingerprint density at radius 2 is 1.45 bits per heavy atom. The molecule has 1 unspecified atom stereocenters. The molecule has 31 heavy (non-hydrogen) atoms. The molecule has 0 heterocycles. The summed E-state index contributed by atoms with van der Waals surface area (Å²) in [6, 6.07) is 8.97. The van der Waals surface area contributed by atoms with Crippen LogP contribution in [0.25, 0.3) is 0 Å². The van der Waals surface area contributed by atoms with Crippen LogP contribution in [0.2, 0.25) is 0 Å². The number of hydrogen-bond acceptors (Lipinski definition) is 5. The summed E-state index contributed by atoms with van der Waals surface area (Å²) < 4.78 is 6.01. The third-order valence-electron chi connectivity index (χ3n) is 6.08. The van der Waals surface area contributed by atoms with Gasteiger partial charge in [-0.2, -0.15) is 0 Å². The monoisotopic (exact) mass is 435 g/mol. The van der Waals surface area contributed by atoms with Crippen molar-refractivity contribution >= 4 is 11.9 Å². The van der Waals surface area contributed by atoms with Crippen LogP contribution in [-0.4, -0.2) is 52.6 Å². The number of aliphatic hydroxyl groups is 1. The van der Waals surface area contributed by atoms with Crippen molar-refractivity contribution in [1.82, 2.24) is 5.32 Å². The zero-order valence-corrected chi connectivity index (χ0v) is 18.3. The number of para-hydroxylation sites is 1. The van der Waals surface area contributed by atoms with E-state index in [4.69, 9.17) is 24.5 Å². The molecule has 0 aromatic heterocycles. The first-order valence-corrected chi connectivity index (χ1v) is 11.6. The normalized spacial score (nSPS) is 18.9. The maximum Gasteiger partial charge on any atom is 0.414 e. The fraction of sp³-hybridized carbons (Fsp3) is 0.667. The predicted octanol–water partition coefficient (Wildman–Crippen LogP) is 3.94. The molecule has 2 aliphatic rings. The highest BCUT2D eigenvalue weighted by Gasteiger charge is 2.21. The van der Waals surface area contributed by atoms with Crippen LogP contribution in [0.4, 0.5) is 0 Å². The molecule has 2 saturated carbocycles. The lowest BCUT2D eigenvalue weighted by atomic mass is 9.96. The summed E-state index contributed by atoms with van der Waals surface area (Å²) in [7, 11) is 0. The Labute approximate surface area is 184 Å². The molecule has 7 heteroatoms. The van der Waals surface area contributed by atoms with Gasteiger partial charge in [0.2, 0.25) is 0 Å². The van der Waals surface area contributed by atoms with Gasteiger partial charge in [0.1, 0.15) is 18.5 Å². The summed E-state index contributed by atoms with van der Waals surface area (Å²) in [6.45, 7) is 1.01. The fourth-order valence-electron chi connectivity index (χ4n) is 4.39. The van der Waals surface area contributed by atoms with E-state index in [-0.39, 0.29) is 0 Å². The van der Waals surface area contributed by atoms with Crippen molar-refractivity contribution in [2.45, 2.75) is 88.7 Å². The molecule has 0 aliphatic heterocycles. The number of carboxylic acids is 2. The number of aliphatic carboxylic acids is 2. The Kier molecular flexibility index (Phi) is 11.4. The first-order chi connectivity index (χ1) is 15.0. The summed E-state index contributed by atoms with van der Waals surface area (Å²) in [5, 5.41) is 28.7. The molecular formula is C24H37NO6. The maximum absolute atomic E-state index is 10.3. The fourth-order valence-corrected chi connectivity index (χ4v) is 4.39. The third-order valence-corrected chi connectivity index (χ3v) is 6.08. The molecule has 0 spiro atoms. The SMILES string of the molecule is O=C(O)C(=O)O.OC(CNC1CCCCCCC1)COc1ccccc1C1CCCC1. The minimum atomic E-state index is -1.82. The Balaban J connectivity index is 0.000000501. The number of benzene rings is 1. The highest BCUT2D eigenvalue weighted by molar-refractivity contribution is 6.27. The van der Waals surface area contributed by atoms with E-state index in [1.807, 2.05) is 6.07 Å². The number of nitrogens with one attached hydrogen (secondary N) is 1. The van der Waals surface area contributed by atoms with Gasteiger partial charge in [0, 0.05) is 12.6 Å². The van der Waals surface area contributed by atoms with E-state index in [0.717, 1.165) is 5.75 Å². The second-order valence-electron chi connectivity index (χ2n) is 8.54. The highest BCUT2D eigenvalue weighted by Crippen LogP contribution is 2.38.